The average Bonchev–Trinajstić information content (AvgIpc) is 2.92. The Balaban J connectivity index is 2.08. The Morgan fingerprint density at radius 3 is 2.38 bits per heavy atom. The third-order valence-corrected chi connectivity index (χ3v) is 7.00. The topological polar surface area (TPSA) is 229 Å². The summed E-state index contributed by atoms with van der Waals surface area (Å²) in [5.74, 6) is -0.0761. The van der Waals surface area contributed by atoms with E-state index in [2.05, 4.69) is 28.4 Å². The van der Waals surface area contributed by atoms with Crippen molar-refractivity contribution in [1.82, 2.24) is 19.6 Å². The highest BCUT2D eigenvalue weighted by Crippen LogP contribution is 2.65. The van der Waals surface area contributed by atoms with Crippen molar-refractivity contribution in [2.24, 2.45) is 0 Å². The van der Waals surface area contributed by atoms with E-state index in [1.54, 1.807) is 0 Å². The minimum absolute atomic E-state index is 0.0742. The van der Waals surface area contributed by atoms with Crippen molar-refractivity contribution >= 4 is 34.8 Å². The minimum Gasteiger partial charge on any atom is -0.368 e. The van der Waals surface area contributed by atoms with Crippen LogP contribution in [0.4, 0.5) is 14.7 Å². The highest BCUT2D eigenvalue weighted by atomic mass is 31.3. The molecule has 0 saturated carbocycles. The van der Waals surface area contributed by atoms with Crippen LogP contribution in [0.3, 0.4) is 0 Å². The quantitative estimate of drug-likeness (QED) is 0.286. The predicted octanol–water partition coefficient (Wildman–Crippen LogP) is 0.268. The molecule has 6 N–H and O–H groups in total. The van der Waals surface area contributed by atoms with Gasteiger partial charge in [-0.25, -0.2) is 32.2 Å². The third kappa shape index (κ3) is 7.12. The number of ether oxygens (including phenoxy) is 1. The van der Waals surface area contributed by atoms with E-state index < -0.39 is 48.5 Å². The summed E-state index contributed by atoms with van der Waals surface area (Å²) in [5, 5.41) is 3.80. The summed E-state index contributed by atoms with van der Waals surface area (Å²) in [6.45, 7) is 0. The zero-order chi connectivity index (χ0) is 22.0. The molecule has 29 heavy (non-hydrogen) atoms. The van der Waals surface area contributed by atoms with Crippen molar-refractivity contribution in [2.75, 3.05) is 12.1 Å². The van der Waals surface area contributed by atoms with Crippen molar-refractivity contribution in [3.05, 3.63) is 18.1 Å². The summed E-state index contributed by atoms with van der Waals surface area (Å²) in [4.78, 5) is 42.9. The molecule has 2 aromatic rings. The number of phosphoric acid groups is 2. The molecule has 15 nitrogen and oxygen atoms in total. The second kappa shape index (κ2) is 8.78. The molecule has 2 rings (SSSR count). The summed E-state index contributed by atoms with van der Waals surface area (Å²) in [5.41, 5.74) is 5.74. The van der Waals surface area contributed by atoms with Gasteiger partial charge in [0, 0.05) is 12.0 Å². The van der Waals surface area contributed by atoms with Crippen molar-refractivity contribution in [3.8, 4) is 0 Å². The molecule has 0 amide bonds. The van der Waals surface area contributed by atoms with Gasteiger partial charge in [-0.1, -0.05) is 0 Å². The molecule has 3 atom stereocenters. The number of alkyl halides is 2. The lowest BCUT2D eigenvalue weighted by Gasteiger charge is -2.20. The lowest BCUT2D eigenvalue weighted by molar-refractivity contribution is -0.0425. The highest BCUT2D eigenvalue weighted by Gasteiger charge is 2.40. The summed E-state index contributed by atoms with van der Waals surface area (Å²) >= 11 is 0. The first-order valence-electron chi connectivity index (χ1n) is 7.15. The third-order valence-electron chi connectivity index (χ3n) is 3.00. The standard InChI is InChI=1S/C9H14F2N5O10P3/c10-7(11)6(1-5-2-15-16-8(5)13-3-14-9(16)12)24-4-27(17,18)25-29(22,23)26-28(19,20)21/h2-3,6-7H,1,4H2,(H,17,18)(H,22,23)(H2,12,13,14)(H2,19,20,21)/t6-/m1/s1. The number of nitrogens with zero attached hydrogens (tertiary/aromatic N) is 4. The Bertz CT molecular complexity index is 1010. The van der Waals surface area contributed by atoms with Gasteiger partial charge in [-0.05, 0) is 0 Å². The number of hydrogen-bond acceptors (Lipinski definition) is 10. The number of nitrogen functional groups attached to an aromatic ring is 1. The first-order valence-corrected chi connectivity index (χ1v) is 11.9. The number of halogens is 2. The number of fused-ring (bicyclic) bond motifs is 1. The van der Waals surface area contributed by atoms with E-state index in [-0.39, 0.29) is 17.2 Å². The van der Waals surface area contributed by atoms with Crippen molar-refractivity contribution in [3.63, 3.8) is 0 Å². The van der Waals surface area contributed by atoms with E-state index in [4.69, 9.17) is 20.4 Å². The molecule has 0 saturated heterocycles. The van der Waals surface area contributed by atoms with Gasteiger partial charge in [-0.15, -0.1) is 0 Å². The summed E-state index contributed by atoms with van der Waals surface area (Å²) in [6.07, 6.45) is -5.07. The molecule has 0 radical (unpaired) electrons. The SMILES string of the molecule is Nc1ncnc2c(C[C@@H](OCP(=O)(O)OP(=O)(O)OP(=O)(O)O)C(F)F)cnn12. The summed E-state index contributed by atoms with van der Waals surface area (Å²) < 4.78 is 72.8. The number of nitrogens with two attached hydrogens (primary N) is 1. The highest BCUT2D eigenvalue weighted by molar-refractivity contribution is 7.68. The Kier molecular flexibility index (Phi) is 7.23. The van der Waals surface area contributed by atoms with E-state index in [0.717, 1.165) is 17.0 Å². The molecule has 164 valence electrons. The molecular weight excluding hydrogens is 469 g/mol. The number of hydrogen-bond donors (Lipinski definition) is 5. The molecular formula is C9H14F2N5O10P3. The lowest BCUT2D eigenvalue weighted by Crippen LogP contribution is -2.25. The Morgan fingerprint density at radius 2 is 1.79 bits per heavy atom. The maximum atomic E-state index is 13.3. The van der Waals surface area contributed by atoms with E-state index >= 15 is 0 Å². The van der Waals surface area contributed by atoms with Gasteiger partial charge in [0.2, 0.25) is 5.95 Å². The Labute approximate surface area is 159 Å². The lowest BCUT2D eigenvalue weighted by atomic mass is 10.1. The van der Waals surface area contributed by atoms with Crippen LogP contribution >= 0.6 is 23.2 Å². The fourth-order valence-electron chi connectivity index (χ4n) is 1.98. The van der Waals surface area contributed by atoms with Gasteiger partial charge in [-0.3, -0.25) is 4.57 Å². The molecule has 0 aliphatic rings. The van der Waals surface area contributed by atoms with Crippen molar-refractivity contribution in [1.29, 1.82) is 0 Å². The Hall–Kier alpha value is -1.38. The molecule has 0 aliphatic carbocycles. The van der Waals surface area contributed by atoms with Gasteiger partial charge in [-0.2, -0.15) is 13.9 Å². The number of aromatic nitrogens is 4. The second-order valence-corrected chi connectivity index (χ2v) is 10.0. The van der Waals surface area contributed by atoms with E-state index in [1.165, 1.54) is 0 Å². The van der Waals surface area contributed by atoms with E-state index in [0.29, 0.717) is 0 Å². The van der Waals surface area contributed by atoms with Crippen molar-refractivity contribution < 1.29 is 55.4 Å². The van der Waals surface area contributed by atoms with Gasteiger partial charge in [0.05, 0.1) is 6.20 Å². The second-order valence-electron chi connectivity index (χ2n) is 5.27. The summed E-state index contributed by atoms with van der Waals surface area (Å²) in [6, 6.07) is 0. The molecule has 0 aliphatic heterocycles. The maximum absolute atomic E-state index is 13.3. The molecule has 2 unspecified atom stereocenters. The molecule has 20 heteroatoms. The fourth-order valence-corrected chi connectivity index (χ4v) is 5.31. The molecule has 2 heterocycles. The summed E-state index contributed by atoms with van der Waals surface area (Å²) in [7, 11) is -16.5. The Morgan fingerprint density at radius 1 is 1.14 bits per heavy atom. The van der Waals surface area contributed by atoms with Crippen LogP contribution in [0.2, 0.25) is 0 Å². The van der Waals surface area contributed by atoms with Crippen LogP contribution in [-0.4, -0.2) is 58.0 Å². The largest absolute Gasteiger partial charge is 0.488 e. The zero-order valence-electron chi connectivity index (χ0n) is 13.9. The monoisotopic (exact) mass is 483 g/mol. The van der Waals surface area contributed by atoms with Crippen LogP contribution in [-0.2, 0) is 33.5 Å². The zero-order valence-corrected chi connectivity index (χ0v) is 16.6. The molecule has 2 aromatic heterocycles. The van der Waals surface area contributed by atoms with Crippen LogP contribution in [0.15, 0.2) is 12.5 Å². The predicted molar refractivity (Wildman–Crippen MR) is 88.5 cm³/mol. The van der Waals surface area contributed by atoms with Crippen molar-refractivity contribution in [2.45, 2.75) is 19.0 Å². The van der Waals surface area contributed by atoms with Gasteiger partial charge in [0.15, 0.2) is 5.65 Å². The van der Waals surface area contributed by atoms with E-state index in [9.17, 15) is 27.4 Å². The fraction of sp³-hybridized carbons (Fsp3) is 0.444. The van der Waals surface area contributed by atoms with Gasteiger partial charge < -0.3 is 30.0 Å². The van der Waals surface area contributed by atoms with Gasteiger partial charge in [0.25, 0.3) is 6.43 Å². The number of rotatable bonds is 10. The molecule has 0 bridgehead atoms. The van der Waals surface area contributed by atoms with Crippen LogP contribution in [0.25, 0.3) is 5.65 Å². The first-order chi connectivity index (χ1) is 13.2. The minimum atomic E-state index is -5.70. The smallest absolute Gasteiger partial charge is 0.368 e. The molecule has 0 fully saturated rings. The van der Waals surface area contributed by atoms with Crippen LogP contribution in [0.5, 0.6) is 0 Å². The normalized spacial score (nSPS) is 17.9. The van der Waals surface area contributed by atoms with E-state index in [1.807, 2.05) is 0 Å². The number of anilines is 1. The average molecular weight is 483 g/mol. The maximum Gasteiger partial charge on any atom is 0.488 e. The van der Waals surface area contributed by atoms with Crippen LogP contribution < -0.4 is 5.73 Å². The van der Waals surface area contributed by atoms with Gasteiger partial charge >= 0.3 is 23.2 Å². The van der Waals surface area contributed by atoms with Gasteiger partial charge in [0.1, 0.15) is 18.8 Å². The molecule has 0 aromatic carbocycles. The van der Waals surface area contributed by atoms with Crippen LogP contribution in [0, 0.1) is 0 Å². The first kappa shape index (κ1) is 23.9. The molecule has 0 spiro atoms. The van der Waals surface area contributed by atoms with Crippen LogP contribution in [0.1, 0.15) is 5.56 Å².